The largest absolute Gasteiger partial charge is 0.478 e. The second kappa shape index (κ2) is 14.2. The van der Waals surface area contributed by atoms with Crippen molar-refractivity contribution in [3.05, 3.63) is 24.3 Å². The van der Waals surface area contributed by atoms with Crippen LogP contribution in [0.25, 0.3) is 0 Å². The Hall–Kier alpha value is -1.71. The fraction of sp³-hybridized carbons (Fsp3) is 0.611. The number of unbranched alkanes of at least 4 members (excludes halogenated alkanes) is 3. The topological polar surface area (TPSA) is 71.4 Å². The smallest absolute Gasteiger partial charge is 0.327 e. The number of aliphatic carboxylic acids is 1. The van der Waals surface area contributed by atoms with Crippen molar-refractivity contribution >= 4 is 17.5 Å². The van der Waals surface area contributed by atoms with E-state index in [0.29, 0.717) is 38.5 Å². The average Bonchev–Trinajstić information content (AvgIpc) is 2.47. The number of hydrogen-bond acceptors (Lipinski definition) is 3. The lowest BCUT2D eigenvalue weighted by atomic mass is 10.0. The molecule has 0 atom stereocenters. The van der Waals surface area contributed by atoms with E-state index in [1.54, 1.807) is 6.08 Å². The van der Waals surface area contributed by atoms with Crippen molar-refractivity contribution in [1.29, 1.82) is 0 Å². The number of Topliss-reactive ketones (excluding diaryl/α,β-unsaturated/α-hetero) is 2. The number of carboxylic acids is 1. The molecule has 0 aliphatic rings. The Bertz CT molecular complexity index is 394. The Labute approximate surface area is 133 Å². The fourth-order valence-electron chi connectivity index (χ4n) is 1.96. The third-order valence-corrected chi connectivity index (χ3v) is 3.26. The Balaban J connectivity index is 3.56. The van der Waals surface area contributed by atoms with Gasteiger partial charge in [-0.3, -0.25) is 9.59 Å². The second-order valence-electron chi connectivity index (χ2n) is 5.36. The van der Waals surface area contributed by atoms with Crippen LogP contribution in [-0.2, 0) is 14.4 Å². The van der Waals surface area contributed by atoms with Crippen molar-refractivity contribution in [1.82, 2.24) is 0 Å². The number of hydrogen-bond donors (Lipinski definition) is 1. The van der Waals surface area contributed by atoms with E-state index in [1.807, 2.05) is 12.2 Å². The number of carbonyl (C=O) groups excluding carboxylic acids is 2. The number of carbonyl (C=O) groups is 3. The van der Waals surface area contributed by atoms with Crippen LogP contribution >= 0.6 is 0 Å². The number of ketones is 2. The zero-order valence-corrected chi connectivity index (χ0v) is 13.6. The summed E-state index contributed by atoms with van der Waals surface area (Å²) < 4.78 is 0. The molecule has 0 spiro atoms. The molecule has 0 amide bonds. The van der Waals surface area contributed by atoms with Crippen LogP contribution in [0.15, 0.2) is 24.3 Å². The maximum absolute atomic E-state index is 11.6. The summed E-state index contributed by atoms with van der Waals surface area (Å²) in [6, 6.07) is 0. The minimum atomic E-state index is -0.932. The van der Waals surface area contributed by atoms with Gasteiger partial charge in [-0.1, -0.05) is 38.0 Å². The monoisotopic (exact) mass is 308 g/mol. The SMILES string of the molecule is CCCCCC(=O)CCC(=O)CCC=CCC/C=C\C(=O)O. The Kier molecular flexibility index (Phi) is 13.1. The van der Waals surface area contributed by atoms with E-state index in [-0.39, 0.29) is 11.6 Å². The molecule has 0 aromatic heterocycles. The van der Waals surface area contributed by atoms with Crippen LogP contribution in [0.3, 0.4) is 0 Å². The molecule has 0 fully saturated rings. The zero-order valence-electron chi connectivity index (χ0n) is 13.6. The maximum atomic E-state index is 11.6. The van der Waals surface area contributed by atoms with Gasteiger partial charge < -0.3 is 5.11 Å². The van der Waals surface area contributed by atoms with Gasteiger partial charge in [0.15, 0.2) is 0 Å². The molecule has 124 valence electrons. The molecule has 0 saturated heterocycles. The summed E-state index contributed by atoms with van der Waals surface area (Å²) in [4.78, 5) is 33.4. The molecule has 4 nitrogen and oxygen atoms in total. The highest BCUT2D eigenvalue weighted by atomic mass is 16.4. The first-order valence-corrected chi connectivity index (χ1v) is 8.14. The third kappa shape index (κ3) is 14.7. The van der Waals surface area contributed by atoms with E-state index >= 15 is 0 Å². The lowest BCUT2D eigenvalue weighted by molar-refractivity contribution is -0.131. The third-order valence-electron chi connectivity index (χ3n) is 3.26. The predicted octanol–water partition coefficient (Wildman–Crippen LogP) is 4.24. The molecule has 0 aromatic carbocycles. The van der Waals surface area contributed by atoms with Crippen LogP contribution < -0.4 is 0 Å². The summed E-state index contributed by atoms with van der Waals surface area (Å²) in [5.74, 6) is -0.597. The molecule has 0 unspecified atom stereocenters. The number of rotatable bonds is 14. The highest BCUT2D eigenvalue weighted by Crippen LogP contribution is 2.06. The lowest BCUT2D eigenvalue weighted by Gasteiger charge is -2.00. The summed E-state index contributed by atoms with van der Waals surface area (Å²) in [5, 5.41) is 8.40. The molecule has 0 bridgehead atoms. The van der Waals surface area contributed by atoms with Crippen LogP contribution in [0.2, 0.25) is 0 Å². The summed E-state index contributed by atoms with van der Waals surface area (Å²) in [5.41, 5.74) is 0. The molecule has 0 rings (SSSR count). The molecule has 0 heterocycles. The fourth-order valence-corrected chi connectivity index (χ4v) is 1.96. The first kappa shape index (κ1) is 20.3. The van der Waals surface area contributed by atoms with Crippen molar-refractivity contribution in [3.63, 3.8) is 0 Å². The predicted molar refractivity (Wildman–Crippen MR) is 87.8 cm³/mol. The summed E-state index contributed by atoms with van der Waals surface area (Å²) in [7, 11) is 0. The van der Waals surface area contributed by atoms with Gasteiger partial charge in [-0.2, -0.15) is 0 Å². The molecule has 0 aliphatic carbocycles. The standard InChI is InChI=1S/C18H28O4/c1-2-3-8-11-16(19)14-15-17(20)12-9-6-4-5-7-10-13-18(21)22/h4,6,10,13H,2-3,5,7-9,11-12,14-15H2,1H3,(H,21,22)/b6-4?,13-10-. The van der Waals surface area contributed by atoms with Crippen LogP contribution in [0.5, 0.6) is 0 Å². The molecule has 4 heteroatoms. The van der Waals surface area contributed by atoms with E-state index < -0.39 is 5.97 Å². The molecule has 0 aromatic rings. The van der Waals surface area contributed by atoms with Crippen molar-refractivity contribution in [2.75, 3.05) is 0 Å². The van der Waals surface area contributed by atoms with Gasteiger partial charge in [0, 0.05) is 31.8 Å². The first-order chi connectivity index (χ1) is 10.6. The maximum Gasteiger partial charge on any atom is 0.327 e. The first-order valence-electron chi connectivity index (χ1n) is 8.14. The van der Waals surface area contributed by atoms with E-state index in [4.69, 9.17) is 5.11 Å². The van der Waals surface area contributed by atoms with Gasteiger partial charge in [-0.25, -0.2) is 4.79 Å². The van der Waals surface area contributed by atoms with Crippen LogP contribution in [0, 0.1) is 0 Å². The molecule has 0 radical (unpaired) electrons. The molecular weight excluding hydrogens is 280 g/mol. The van der Waals surface area contributed by atoms with E-state index in [9.17, 15) is 14.4 Å². The van der Waals surface area contributed by atoms with Crippen LogP contribution in [0.1, 0.15) is 71.1 Å². The highest BCUT2D eigenvalue weighted by Gasteiger charge is 2.06. The number of carboxylic acid groups (broad SMARTS) is 1. The normalized spacial score (nSPS) is 11.3. The van der Waals surface area contributed by atoms with E-state index in [0.717, 1.165) is 31.8 Å². The average molecular weight is 308 g/mol. The van der Waals surface area contributed by atoms with Gasteiger partial charge >= 0.3 is 5.97 Å². The Morgan fingerprint density at radius 1 is 0.773 bits per heavy atom. The van der Waals surface area contributed by atoms with Crippen molar-refractivity contribution in [2.45, 2.75) is 71.1 Å². The van der Waals surface area contributed by atoms with Crippen LogP contribution in [-0.4, -0.2) is 22.6 Å². The molecule has 0 saturated carbocycles. The van der Waals surface area contributed by atoms with Crippen molar-refractivity contribution < 1.29 is 19.5 Å². The van der Waals surface area contributed by atoms with Crippen LogP contribution in [0.4, 0.5) is 0 Å². The van der Waals surface area contributed by atoms with E-state index in [2.05, 4.69) is 6.92 Å². The highest BCUT2D eigenvalue weighted by molar-refractivity contribution is 5.86. The zero-order chi connectivity index (χ0) is 16.6. The van der Waals surface area contributed by atoms with Crippen molar-refractivity contribution in [2.24, 2.45) is 0 Å². The molecule has 0 aliphatic heterocycles. The second-order valence-corrected chi connectivity index (χ2v) is 5.36. The quantitative estimate of drug-likeness (QED) is 0.296. The van der Waals surface area contributed by atoms with Gasteiger partial charge in [-0.15, -0.1) is 0 Å². The molecular formula is C18H28O4. The summed E-state index contributed by atoms with van der Waals surface area (Å²) in [6.07, 6.45) is 13.7. The minimum Gasteiger partial charge on any atom is -0.478 e. The number of allylic oxidation sites excluding steroid dienone is 3. The summed E-state index contributed by atoms with van der Waals surface area (Å²) in [6.45, 7) is 2.10. The van der Waals surface area contributed by atoms with Gasteiger partial charge in [0.05, 0.1) is 0 Å². The Morgan fingerprint density at radius 3 is 2.00 bits per heavy atom. The minimum absolute atomic E-state index is 0.138. The molecule has 1 N–H and O–H groups in total. The van der Waals surface area contributed by atoms with Gasteiger partial charge in [0.1, 0.15) is 11.6 Å². The lowest BCUT2D eigenvalue weighted by Crippen LogP contribution is -2.03. The van der Waals surface area contributed by atoms with Gasteiger partial charge in [-0.05, 0) is 25.7 Å². The Morgan fingerprint density at radius 2 is 1.36 bits per heavy atom. The summed E-state index contributed by atoms with van der Waals surface area (Å²) >= 11 is 0. The van der Waals surface area contributed by atoms with Gasteiger partial charge in [0.25, 0.3) is 0 Å². The van der Waals surface area contributed by atoms with Crippen molar-refractivity contribution in [3.8, 4) is 0 Å². The van der Waals surface area contributed by atoms with E-state index in [1.165, 1.54) is 0 Å². The molecule has 22 heavy (non-hydrogen) atoms. The van der Waals surface area contributed by atoms with Gasteiger partial charge in [0.2, 0.25) is 0 Å².